The van der Waals surface area contributed by atoms with Gasteiger partial charge in [-0.2, -0.15) is 10.5 Å². The average molecular weight is 206 g/mol. The minimum Gasteiger partial charge on any atom is -0.192 e. The van der Waals surface area contributed by atoms with E-state index in [4.69, 9.17) is 10.5 Å². The number of rotatable bonds is 1. The molecule has 0 atom stereocenters. The Labute approximate surface area is 86.6 Å². The highest BCUT2D eigenvalue weighted by molar-refractivity contribution is 7.99. The lowest BCUT2D eigenvalue weighted by molar-refractivity contribution is 1.23. The van der Waals surface area contributed by atoms with Crippen molar-refractivity contribution in [3.63, 3.8) is 0 Å². The fraction of sp³-hybridized carbons (Fsp3) is 0.111. The van der Waals surface area contributed by atoms with E-state index in [9.17, 15) is 0 Å². The first-order valence-electron chi connectivity index (χ1n) is 3.44. The summed E-state index contributed by atoms with van der Waals surface area (Å²) in [5.41, 5.74) is 0.787. The summed E-state index contributed by atoms with van der Waals surface area (Å²) in [7, 11) is 0. The Balaban J connectivity index is 3.39. The third-order valence-electron chi connectivity index (χ3n) is 1.56. The van der Waals surface area contributed by atoms with Crippen LogP contribution in [-0.2, 0) is 0 Å². The number of thioether (sulfide) groups is 1. The Morgan fingerprint density at radius 2 is 1.77 bits per heavy atom. The molecule has 0 heterocycles. The van der Waals surface area contributed by atoms with Crippen LogP contribution < -0.4 is 0 Å². The van der Waals surface area contributed by atoms with Gasteiger partial charge >= 0.3 is 0 Å². The minimum atomic E-state index is 0.380. The van der Waals surface area contributed by atoms with Crippen LogP contribution in [0.25, 0.3) is 0 Å². The molecule has 1 aromatic rings. The van der Waals surface area contributed by atoms with Crippen LogP contribution in [0.5, 0.6) is 0 Å². The topological polar surface area (TPSA) is 47.6 Å². The van der Waals surface area contributed by atoms with E-state index >= 15 is 0 Å². The molecule has 2 nitrogen and oxygen atoms in total. The van der Waals surface area contributed by atoms with Crippen LogP contribution in [0.15, 0.2) is 21.9 Å². The maximum atomic E-state index is 8.73. The van der Waals surface area contributed by atoms with Crippen LogP contribution in [0.3, 0.4) is 0 Å². The third-order valence-corrected chi connectivity index (χ3v) is 2.86. The maximum Gasteiger partial charge on any atom is 0.101 e. The number of nitrogens with zero attached hydrogens (tertiary/aromatic N) is 2. The molecule has 0 N–H and O–H groups in total. The summed E-state index contributed by atoms with van der Waals surface area (Å²) in [6, 6.07) is 7.24. The lowest BCUT2D eigenvalue weighted by Crippen LogP contribution is -1.86. The van der Waals surface area contributed by atoms with Gasteiger partial charge in [0.1, 0.15) is 12.1 Å². The summed E-state index contributed by atoms with van der Waals surface area (Å²) < 4.78 is 0. The summed E-state index contributed by atoms with van der Waals surface area (Å²) in [6.07, 6.45) is 1.91. The number of nitriles is 2. The molecule has 0 unspecified atom stereocenters. The van der Waals surface area contributed by atoms with Crippen molar-refractivity contribution in [1.82, 2.24) is 0 Å². The van der Waals surface area contributed by atoms with Gasteiger partial charge in [-0.25, -0.2) is 0 Å². The first-order valence-corrected chi connectivity index (χ1v) is 5.11. The first-order chi connectivity index (χ1) is 6.22. The van der Waals surface area contributed by atoms with Gasteiger partial charge in [0.2, 0.25) is 0 Å². The van der Waals surface area contributed by atoms with Crippen molar-refractivity contribution in [3.8, 4) is 12.1 Å². The fourth-order valence-corrected chi connectivity index (χ4v) is 1.89. The predicted octanol–water partition coefficient (Wildman–Crippen LogP) is 2.44. The summed E-state index contributed by atoms with van der Waals surface area (Å²) in [4.78, 5) is 1.65. The molecule has 0 aliphatic heterocycles. The lowest BCUT2D eigenvalue weighted by Gasteiger charge is -2.02. The Hall–Kier alpha value is -1.10. The second kappa shape index (κ2) is 4.23. The number of hydrogen-bond donors (Lipinski definition) is 1. The molecule has 0 saturated heterocycles. The van der Waals surface area contributed by atoms with Crippen molar-refractivity contribution in [2.45, 2.75) is 9.79 Å². The van der Waals surface area contributed by atoms with Crippen LogP contribution in [-0.4, -0.2) is 6.26 Å². The Morgan fingerprint density at radius 3 is 2.23 bits per heavy atom. The van der Waals surface area contributed by atoms with Gasteiger partial charge in [-0.1, -0.05) is 0 Å². The highest BCUT2D eigenvalue weighted by atomic mass is 32.2. The van der Waals surface area contributed by atoms with Crippen LogP contribution >= 0.6 is 24.4 Å². The first kappa shape index (κ1) is 9.98. The number of thiol groups is 1. The van der Waals surface area contributed by atoms with Crippen molar-refractivity contribution in [2.24, 2.45) is 0 Å². The molecule has 0 spiro atoms. The standard InChI is InChI=1S/C9H6N2S2/c1-13-9-3-7(5-11)6(4-10)2-8(9)12/h2-3,12H,1H3. The SMILES string of the molecule is CSc1cc(C#N)c(C#N)cc1S. The van der Waals surface area contributed by atoms with Gasteiger partial charge in [0.05, 0.1) is 11.1 Å². The zero-order chi connectivity index (χ0) is 9.84. The molecule has 64 valence electrons. The van der Waals surface area contributed by atoms with Crippen LogP contribution in [0.2, 0.25) is 0 Å². The van der Waals surface area contributed by atoms with E-state index in [0.29, 0.717) is 11.1 Å². The molecular weight excluding hydrogens is 200 g/mol. The summed E-state index contributed by atoms with van der Waals surface area (Å²) in [6.45, 7) is 0. The summed E-state index contributed by atoms with van der Waals surface area (Å²) in [5, 5.41) is 17.4. The van der Waals surface area contributed by atoms with Gasteiger partial charge in [0.15, 0.2) is 0 Å². The Morgan fingerprint density at radius 1 is 1.23 bits per heavy atom. The normalized spacial score (nSPS) is 8.92. The zero-order valence-corrected chi connectivity index (χ0v) is 8.62. The lowest BCUT2D eigenvalue weighted by atomic mass is 10.1. The van der Waals surface area contributed by atoms with Crippen LogP contribution in [0.1, 0.15) is 11.1 Å². The average Bonchev–Trinajstić information content (AvgIpc) is 2.17. The molecule has 13 heavy (non-hydrogen) atoms. The van der Waals surface area contributed by atoms with Gasteiger partial charge in [0.25, 0.3) is 0 Å². The minimum absolute atomic E-state index is 0.380. The highest BCUT2D eigenvalue weighted by Gasteiger charge is 2.06. The van der Waals surface area contributed by atoms with Crippen molar-refractivity contribution < 1.29 is 0 Å². The smallest absolute Gasteiger partial charge is 0.101 e. The van der Waals surface area contributed by atoms with Gasteiger partial charge in [-0.05, 0) is 18.4 Å². The van der Waals surface area contributed by atoms with Gasteiger partial charge in [0, 0.05) is 9.79 Å². The second-order valence-electron chi connectivity index (χ2n) is 2.29. The molecule has 0 fully saturated rings. The molecule has 1 rings (SSSR count). The Kier molecular flexibility index (Phi) is 3.25. The molecule has 4 heteroatoms. The second-order valence-corrected chi connectivity index (χ2v) is 3.62. The predicted molar refractivity (Wildman–Crippen MR) is 54.9 cm³/mol. The molecule has 0 aliphatic rings. The number of hydrogen-bond acceptors (Lipinski definition) is 4. The van der Waals surface area contributed by atoms with Gasteiger partial charge < -0.3 is 0 Å². The molecule has 1 aromatic carbocycles. The van der Waals surface area contributed by atoms with E-state index in [1.807, 2.05) is 18.4 Å². The maximum absolute atomic E-state index is 8.73. The number of benzene rings is 1. The van der Waals surface area contributed by atoms with Crippen molar-refractivity contribution in [3.05, 3.63) is 23.3 Å². The van der Waals surface area contributed by atoms with E-state index in [-0.39, 0.29) is 0 Å². The molecule has 0 amide bonds. The van der Waals surface area contributed by atoms with Gasteiger partial charge in [-0.15, -0.1) is 24.4 Å². The molecule has 0 radical (unpaired) electrons. The van der Waals surface area contributed by atoms with Crippen molar-refractivity contribution in [2.75, 3.05) is 6.26 Å². The third kappa shape index (κ3) is 1.98. The van der Waals surface area contributed by atoms with Crippen LogP contribution in [0, 0.1) is 22.7 Å². The Bertz CT molecular complexity index is 413. The van der Waals surface area contributed by atoms with Gasteiger partial charge in [-0.3, -0.25) is 0 Å². The van der Waals surface area contributed by atoms with E-state index in [0.717, 1.165) is 9.79 Å². The summed E-state index contributed by atoms with van der Waals surface area (Å²) in [5.74, 6) is 0. The molecule has 0 saturated carbocycles. The summed E-state index contributed by atoms with van der Waals surface area (Å²) >= 11 is 5.71. The zero-order valence-electron chi connectivity index (χ0n) is 6.90. The van der Waals surface area contributed by atoms with Crippen LogP contribution in [0.4, 0.5) is 0 Å². The molecular formula is C9H6N2S2. The highest BCUT2D eigenvalue weighted by Crippen LogP contribution is 2.26. The molecule has 0 aromatic heterocycles. The quantitative estimate of drug-likeness (QED) is 0.567. The van der Waals surface area contributed by atoms with E-state index in [1.165, 1.54) is 11.8 Å². The van der Waals surface area contributed by atoms with Crippen molar-refractivity contribution in [1.29, 1.82) is 10.5 Å². The fourth-order valence-electron chi connectivity index (χ4n) is 0.917. The van der Waals surface area contributed by atoms with E-state index in [1.54, 1.807) is 12.1 Å². The molecule has 0 aliphatic carbocycles. The van der Waals surface area contributed by atoms with E-state index < -0.39 is 0 Å². The molecule has 0 bridgehead atoms. The monoisotopic (exact) mass is 206 g/mol. The largest absolute Gasteiger partial charge is 0.192 e. The van der Waals surface area contributed by atoms with E-state index in [2.05, 4.69) is 12.6 Å². The van der Waals surface area contributed by atoms with Crippen molar-refractivity contribution >= 4 is 24.4 Å².